The van der Waals surface area contributed by atoms with Crippen LogP contribution in [0.2, 0.25) is 0 Å². The van der Waals surface area contributed by atoms with Crippen LogP contribution in [0.3, 0.4) is 0 Å². The molecule has 0 N–H and O–H groups in total. The normalized spacial score (nSPS) is 19.9. The first-order valence-electron chi connectivity index (χ1n) is 7.10. The minimum atomic E-state index is -0.464. The molecule has 0 radical (unpaired) electrons. The van der Waals surface area contributed by atoms with Crippen molar-refractivity contribution in [2.45, 2.75) is 33.7 Å². The summed E-state index contributed by atoms with van der Waals surface area (Å²) < 4.78 is 0.980. The fourth-order valence-electron chi connectivity index (χ4n) is 2.46. The van der Waals surface area contributed by atoms with Crippen LogP contribution in [0.15, 0.2) is 28.7 Å². The maximum absolute atomic E-state index is 12.6. The average molecular weight is 353 g/mol. The van der Waals surface area contributed by atoms with Gasteiger partial charge in [-0.25, -0.2) is 0 Å². The van der Waals surface area contributed by atoms with Crippen molar-refractivity contribution in [3.63, 3.8) is 0 Å². The van der Waals surface area contributed by atoms with Gasteiger partial charge in [0.15, 0.2) is 0 Å². The van der Waals surface area contributed by atoms with E-state index in [0.717, 1.165) is 10.2 Å². The summed E-state index contributed by atoms with van der Waals surface area (Å²) in [6, 6.07) is 7.24. The Morgan fingerprint density at radius 3 is 2.29 bits per heavy atom. The number of nitrogens with zero attached hydrogens (tertiary/aromatic N) is 2. The molecule has 114 valence electrons. The average Bonchev–Trinajstić information content (AvgIpc) is 2.41. The summed E-state index contributed by atoms with van der Waals surface area (Å²) in [4.78, 5) is 28.4. The number of piperazine rings is 1. The minimum absolute atomic E-state index is 0.0267. The van der Waals surface area contributed by atoms with Gasteiger partial charge in [0.25, 0.3) is 0 Å². The quantitative estimate of drug-likeness (QED) is 0.779. The zero-order chi connectivity index (χ0) is 15.8. The summed E-state index contributed by atoms with van der Waals surface area (Å²) in [7, 11) is 0. The second-order valence-corrected chi connectivity index (χ2v) is 7.31. The molecule has 1 aliphatic rings. The number of benzene rings is 1. The Hall–Kier alpha value is -1.36. The Balaban J connectivity index is 2.18. The van der Waals surface area contributed by atoms with Gasteiger partial charge in [-0.15, -0.1) is 0 Å². The molecule has 0 saturated carbocycles. The van der Waals surface area contributed by atoms with Gasteiger partial charge in [-0.05, 0) is 31.2 Å². The van der Waals surface area contributed by atoms with Gasteiger partial charge in [0, 0.05) is 28.7 Å². The fourth-order valence-corrected chi connectivity index (χ4v) is 2.72. The summed E-state index contributed by atoms with van der Waals surface area (Å²) in [6.07, 6.45) is 0. The topological polar surface area (TPSA) is 40.6 Å². The van der Waals surface area contributed by atoms with Gasteiger partial charge in [0.1, 0.15) is 6.04 Å². The third-order valence-corrected chi connectivity index (χ3v) is 4.22. The third kappa shape index (κ3) is 3.28. The molecule has 0 aromatic heterocycles. The molecule has 1 saturated heterocycles. The molecular formula is C16H21BrN2O2. The molecule has 1 aromatic rings. The summed E-state index contributed by atoms with van der Waals surface area (Å²) >= 11 is 3.39. The third-order valence-electron chi connectivity index (χ3n) is 3.70. The van der Waals surface area contributed by atoms with Crippen LogP contribution in [0.4, 0.5) is 5.69 Å². The van der Waals surface area contributed by atoms with Crippen molar-refractivity contribution in [1.29, 1.82) is 0 Å². The first-order valence-corrected chi connectivity index (χ1v) is 7.89. The summed E-state index contributed by atoms with van der Waals surface area (Å²) in [5, 5.41) is 0. The van der Waals surface area contributed by atoms with Crippen molar-refractivity contribution in [1.82, 2.24) is 4.90 Å². The van der Waals surface area contributed by atoms with E-state index in [4.69, 9.17) is 0 Å². The molecule has 21 heavy (non-hydrogen) atoms. The van der Waals surface area contributed by atoms with E-state index in [2.05, 4.69) is 15.9 Å². The highest BCUT2D eigenvalue weighted by Crippen LogP contribution is 2.25. The van der Waals surface area contributed by atoms with Gasteiger partial charge in [-0.3, -0.25) is 9.59 Å². The maximum atomic E-state index is 12.6. The number of carbonyl (C=O) groups excluding carboxylic acids is 2. The van der Waals surface area contributed by atoms with Crippen molar-refractivity contribution in [2.24, 2.45) is 5.41 Å². The number of hydrogen-bond acceptors (Lipinski definition) is 2. The standard InChI is InChI=1S/C16H21BrN2O2/c1-11-14(20)19(13-7-5-12(17)6-8-13)10-9-18(11)15(21)16(2,3)4/h5-8,11H,9-10H2,1-4H3. The number of amides is 2. The molecule has 1 heterocycles. The van der Waals surface area contributed by atoms with Crippen LogP contribution in [0.5, 0.6) is 0 Å². The number of hydrogen-bond donors (Lipinski definition) is 0. The van der Waals surface area contributed by atoms with E-state index in [1.54, 1.807) is 16.7 Å². The van der Waals surface area contributed by atoms with Gasteiger partial charge in [0.2, 0.25) is 11.8 Å². The molecule has 1 aromatic carbocycles. The van der Waals surface area contributed by atoms with Crippen LogP contribution in [-0.2, 0) is 9.59 Å². The minimum Gasteiger partial charge on any atom is -0.329 e. The second kappa shape index (κ2) is 5.79. The molecule has 0 bridgehead atoms. The van der Waals surface area contributed by atoms with Crippen LogP contribution < -0.4 is 4.90 Å². The summed E-state index contributed by atoms with van der Waals surface area (Å²) in [5.74, 6) is -0.0000198. The predicted molar refractivity (Wildman–Crippen MR) is 87.1 cm³/mol. The highest BCUT2D eigenvalue weighted by atomic mass is 79.9. The van der Waals surface area contributed by atoms with Gasteiger partial charge in [0.05, 0.1) is 0 Å². The zero-order valence-corrected chi connectivity index (χ0v) is 14.5. The first-order chi connectivity index (χ1) is 9.71. The van der Waals surface area contributed by atoms with Crippen LogP contribution in [0.25, 0.3) is 0 Å². The lowest BCUT2D eigenvalue weighted by Gasteiger charge is -2.41. The van der Waals surface area contributed by atoms with Crippen molar-refractivity contribution in [2.75, 3.05) is 18.0 Å². The van der Waals surface area contributed by atoms with Gasteiger partial charge >= 0.3 is 0 Å². The Labute approximate surface area is 134 Å². The van der Waals surface area contributed by atoms with Crippen LogP contribution in [0.1, 0.15) is 27.7 Å². The predicted octanol–water partition coefficient (Wildman–Crippen LogP) is 3.06. The molecule has 1 atom stereocenters. The Morgan fingerprint density at radius 1 is 1.19 bits per heavy atom. The Morgan fingerprint density at radius 2 is 1.76 bits per heavy atom. The molecular weight excluding hydrogens is 332 g/mol. The Bertz CT molecular complexity index is 548. The molecule has 0 spiro atoms. The van der Waals surface area contributed by atoms with Crippen LogP contribution >= 0.6 is 15.9 Å². The molecule has 0 aliphatic carbocycles. The van der Waals surface area contributed by atoms with E-state index in [-0.39, 0.29) is 11.8 Å². The molecule has 1 unspecified atom stereocenters. The van der Waals surface area contributed by atoms with Crippen molar-refractivity contribution < 1.29 is 9.59 Å². The van der Waals surface area contributed by atoms with E-state index in [9.17, 15) is 9.59 Å². The number of rotatable bonds is 1. The lowest BCUT2D eigenvalue weighted by Crippen LogP contribution is -2.59. The van der Waals surface area contributed by atoms with Crippen molar-refractivity contribution in [3.05, 3.63) is 28.7 Å². The smallest absolute Gasteiger partial charge is 0.249 e. The SMILES string of the molecule is CC1C(=O)N(c2ccc(Br)cc2)CCN1C(=O)C(C)(C)C. The number of halogens is 1. The van der Waals surface area contributed by atoms with E-state index < -0.39 is 11.5 Å². The van der Waals surface area contributed by atoms with Crippen LogP contribution in [0, 0.1) is 5.41 Å². The molecule has 1 aliphatic heterocycles. The molecule has 2 amide bonds. The molecule has 5 heteroatoms. The maximum Gasteiger partial charge on any atom is 0.249 e. The number of anilines is 1. The first kappa shape index (κ1) is 16.0. The molecule has 4 nitrogen and oxygen atoms in total. The van der Waals surface area contributed by atoms with Gasteiger partial charge < -0.3 is 9.80 Å². The summed E-state index contributed by atoms with van der Waals surface area (Å²) in [6.45, 7) is 8.55. The van der Waals surface area contributed by atoms with E-state index in [1.165, 1.54) is 0 Å². The zero-order valence-electron chi connectivity index (χ0n) is 12.9. The van der Waals surface area contributed by atoms with Gasteiger partial charge in [-0.1, -0.05) is 36.7 Å². The van der Waals surface area contributed by atoms with E-state index in [0.29, 0.717) is 13.1 Å². The summed E-state index contributed by atoms with van der Waals surface area (Å²) in [5.41, 5.74) is 0.409. The second-order valence-electron chi connectivity index (χ2n) is 6.39. The number of carbonyl (C=O) groups is 2. The lowest BCUT2D eigenvalue weighted by atomic mass is 9.93. The van der Waals surface area contributed by atoms with Crippen molar-refractivity contribution in [3.8, 4) is 0 Å². The highest BCUT2D eigenvalue weighted by Gasteiger charge is 2.38. The molecule has 1 fully saturated rings. The largest absolute Gasteiger partial charge is 0.329 e. The fraction of sp³-hybridized carbons (Fsp3) is 0.500. The highest BCUT2D eigenvalue weighted by molar-refractivity contribution is 9.10. The molecule has 2 rings (SSSR count). The lowest BCUT2D eigenvalue weighted by molar-refractivity contribution is -0.147. The van der Waals surface area contributed by atoms with E-state index in [1.807, 2.05) is 45.0 Å². The van der Waals surface area contributed by atoms with Crippen molar-refractivity contribution >= 4 is 33.4 Å². The van der Waals surface area contributed by atoms with Crippen LogP contribution in [-0.4, -0.2) is 35.8 Å². The monoisotopic (exact) mass is 352 g/mol. The van der Waals surface area contributed by atoms with Gasteiger partial charge in [-0.2, -0.15) is 0 Å². The Kier molecular flexibility index (Phi) is 4.42. The van der Waals surface area contributed by atoms with E-state index >= 15 is 0 Å².